The second-order valence-corrected chi connectivity index (χ2v) is 13.9. The van der Waals surface area contributed by atoms with Crippen LogP contribution in [0, 0.1) is 0 Å². The van der Waals surface area contributed by atoms with E-state index in [0.717, 1.165) is 26.6 Å². The fourth-order valence-electron chi connectivity index (χ4n) is 4.37. The predicted molar refractivity (Wildman–Crippen MR) is 156 cm³/mol. The molecule has 9 N–H and O–H groups in total. The number of aliphatic hydroxyl groups is 4. The number of rotatable bonds is 14. The van der Waals surface area contributed by atoms with Gasteiger partial charge in [0.1, 0.15) is 36.6 Å². The summed E-state index contributed by atoms with van der Waals surface area (Å²) in [5.41, 5.74) is -3.93. The third kappa shape index (κ3) is 9.39. The molecule has 25 nitrogen and oxygen atoms in total. The van der Waals surface area contributed by atoms with E-state index in [1.54, 1.807) is 0 Å². The fourth-order valence-corrected chi connectivity index (χ4v) is 7.22. The van der Waals surface area contributed by atoms with Crippen molar-refractivity contribution in [2.45, 2.75) is 49.1 Å². The molecule has 273 valence electrons. The Labute approximate surface area is 274 Å². The molecule has 0 aliphatic carbocycles. The van der Waals surface area contributed by atoms with Gasteiger partial charge in [0.2, 0.25) is 11.5 Å². The number of hydrogen-bond acceptors (Lipinski definition) is 19. The molecule has 10 atom stereocenters. The Morgan fingerprint density at radius 2 is 1.08 bits per heavy atom. The van der Waals surface area contributed by atoms with Crippen LogP contribution in [-0.4, -0.2) is 127 Å². The van der Waals surface area contributed by atoms with Gasteiger partial charge in [0.05, 0.1) is 39.8 Å². The fraction of sp³-hybridized carbons (Fsp3) is 0.600. The van der Waals surface area contributed by atoms with E-state index in [-0.39, 0.29) is 19.9 Å². The van der Waals surface area contributed by atoms with Crippen LogP contribution in [0.3, 0.4) is 0 Å². The number of methoxy groups -OCH3 is 2. The molecule has 49 heavy (non-hydrogen) atoms. The van der Waals surface area contributed by atoms with Crippen molar-refractivity contribution in [3.05, 3.63) is 54.1 Å². The first-order chi connectivity index (χ1) is 22.4. The Kier molecular flexibility index (Phi) is 13.5. The topological polar surface area (TPSA) is 359 Å². The first-order valence-electron chi connectivity index (χ1n) is 13.0. The average Bonchev–Trinajstić information content (AvgIpc) is 3.44. The molecule has 4 rings (SSSR count). The number of phosphoric ester groups is 2. The zero-order chi connectivity index (χ0) is 35.7. The summed E-state index contributed by atoms with van der Waals surface area (Å²) in [6.45, 7) is -2.06. The molecule has 2 fully saturated rings. The maximum Gasteiger partial charge on any atom is 0.479 e. The molecule has 2 unspecified atom stereocenters. The van der Waals surface area contributed by atoms with E-state index < -0.39 is 109 Å². The minimum Gasteiger partial charge on any atom is -0.490 e. The van der Waals surface area contributed by atoms with Crippen LogP contribution in [0.5, 0.6) is 11.5 Å². The Morgan fingerprint density at radius 1 is 0.735 bits per heavy atom. The van der Waals surface area contributed by atoms with E-state index >= 15 is 0 Å². The van der Waals surface area contributed by atoms with Crippen LogP contribution in [-0.2, 0) is 36.3 Å². The Hall–Kier alpha value is -2.61. The van der Waals surface area contributed by atoms with Crippen molar-refractivity contribution in [3.8, 4) is 11.5 Å². The van der Waals surface area contributed by atoms with Gasteiger partial charge >= 0.3 is 35.6 Å². The summed E-state index contributed by atoms with van der Waals surface area (Å²) in [4.78, 5) is 81.2. The molecular weight excluding hydrogens is 736 g/mol. The lowest BCUT2D eigenvalue weighted by Crippen LogP contribution is -2.38. The summed E-state index contributed by atoms with van der Waals surface area (Å²) in [5, 5.41) is 41.2. The molecule has 0 spiro atoms. The van der Waals surface area contributed by atoms with Gasteiger partial charge in [-0.25, -0.2) is 27.3 Å². The Morgan fingerprint density at radius 3 is 1.41 bits per heavy atom. The second kappa shape index (κ2) is 16.2. The number of phosphoric acid groups is 2. The number of hydrogen-bond donors (Lipinski definition) is 9. The molecule has 0 bridgehead atoms. The minimum absolute atomic E-state index is 0. The van der Waals surface area contributed by atoms with E-state index in [0.29, 0.717) is 9.13 Å². The third-order valence-corrected chi connectivity index (χ3v) is 10.4. The van der Waals surface area contributed by atoms with Gasteiger partial charge in [0.25, 0.3) is 11.1 Å². The normalized spacial score (nSPS) is 29.8. The van der Waals surface area contributed by atoms with E-state index in [1.807, 2.05) is 9.97 Å². The number of aromatic nitrogens is 4. The van der Waals surface area contributed by atoms with E-state index in [1.165, 1.54) is 0 Å². The van der Waals surface area contributed by atoms with Gasteiger partial charge in [0, 0.05) is 8.41 Å². The largest absolute Gasteiger partial charge is 0.490 e. The number of nitrogens with zero attached hydrogens (tertiary/aromatic N) is 2. The number of aliphatic hydroxyl groups excluding tert-OH is 4. The number of ether oxygens (including phenoxy) is 4. The van der Waals surface area contributed by atoms with Gasteiger partial charge in [-0.1, -0.05) is 0 Å². The quantitative estimate of drug-likeness (QED) is 0.0646. The lowest BCUT2D eigenvalue weighted by Gasteiger charge is -2.21. The van der Waals surface area contributed by atoms with Crippen molar-refractivity contribution in [1.29, 1.82) is 0 Å². The van der Waals surface area contributed by atoms with Gasteiger partial charge in [-0.05, 0) is 0 Å². The van der Waals surface area contributed by atoms with Gasteiger partial charge in [-0.3, -0.25) is 37.7 Å². The van der Waals surface area contributed by atoms with E-state index in [9.17, 15) is 63.4 Å². The van der Waals surface area contributed by atoms with E-state index in [4.69, 9.17) is 18.9 Å². The molecule has 2 aromatic rings. The summed E-state index contributed by atoms with van der Waals surface area (Å²) >= 11 is 0. The molecule has 2 aromatic heterocycles. The van der Waals surface area contributed by atoms with Crippen LogP contribution in [0.1, 0.15) is 12.5 Å². The molecule has 0 aromatic carbocycles. The molecule has 0 saturated carbocycles. The Bertz CT molecular complexity index is 1670. The Balaban J connectivity index is 0.00000650. The maximum atomic E-state index is 12.3. The lowest BCUT2D eigenvalue weighted by molar-refractivity contribution is -0.0548. The average molecular weight is 765 g/mol. The van der Waals surface area contributed by atoms with Gasteiger partial charge in [0.15, 0.2) is 12.5 Å². The lowest BCUT2D eigenvalue weighted by atomic mass is 10.1. The van der Waals surface area contributed by atoms with Crippen molar-refractivity contribution in [1.82, 2.24) is 19.1 Å². The summed E-state index contributed by atoms with van der Waals surface area (Å²) < 4.78 is 63.9. The SMILES string of the molecule is COc1cn([C@@H]2O[C@H](COP(=O)(O)OP(O)OP(=O)(O)OC[C@H]3O[C@@H](n4cc(OC)c(=O)[nH]c4=O)[C@H](O)[C@@H]3O)[C@@H](O)[C@H]2O)c(=O)[nH]c1=O.[B]. The zero-order valence-corrected chi connectivity index (χ0v) is 27.5. The van der Waals surface area contributed by atoms with Crippen LogP contribution in [0.25, 0.3) is 0 Å². The maximum absolute atomic E-state index is 12.3. The predicted octanol–water partition coefficient (Wildman–Crippen LogP) is -4.55. The highest BCUT2D eigenvalue weighted by Gasteiger charge is 2.47. The monoisotopic (exact) mass is 765 g/mol. The van der Waals surface area contributed by atoms with Crippen LogP contribution in [0.4, 0.5) is 0 Å². The van der Waals surface area contributed by atoms with E-state index in [2.05, 4.69) is 17.7 Å². The smallest absolute Gasteiger partial charge is 0.479 e. The van der Waals surface area contributed by atoms with Gasteiger partial charge < -0.3 is 54.1 Å². The summed E-state index contributed by atoms with van der Waals surface area (Å²) in [6.07, 6.45) is -12.1. The molecule has 29 heteroatoms. The molecule has 4 heterocycles. The highest BCUT2D eigenvalue weighted by Crippen LogP contribution is 2.63. The molecule has 0 amide bonds. The van der Waals surface area contributed by atoms with Crippen molar-refractivity contribution >= 4 is 32.7 Å². The number of aromatic amines is 2. The molecular formula is C20H29BN4O21P3. The second-order valence-electron chi connectivity index (χ2n) is 9.75. The third-order valence-electron chi connectivity index (χ3n) is 6.68. The van der Waals surface area contributed by atoms with Crippen LogP contribution >= 0.6 is 24.2 Å². The molecule has 3 radical (unpaired) electrons. The highest BCUT2D eigenvalue weighted by molar-refractivity contribution is 7.63. The summed E-state index contributed by atoms with van der Waals surface area (Å²) in [5.74, 6) is -0.710. The first kappa shape index (κ1) is 40.8. The number of H-pyrrole nitrogens is 2. The highest BCUT2D eigenvalue weighted by atomic mass is 31.3. The van der Waals surface area contributed by atoms with Crippen LogP contribution in [0.15, 0.2) is 31.6 Å². The molecule has 2 saturated heterocycles. The van der Waals surface area contributed by atoms with Crippen molar-refractivity contribution < 1.29 is 80.9 Å². The summed E-state index contributed by atoms with van der Waals surface area (Å²) in [6, 6.07) is 0. The van der Waals surface area contributed by atoms with Crippen molar-refractivity contribution in [3.63, 3.8) is 0 Å². The minimum atomic E-state index is -5.38. The standard InChI is InChI=1S/C20H29N4O21P3.B/c1-38-7-3-23(19(31)21-15(7)29)17-13(27)11(25)9(42-17)5-40-47(34,35)44-46(33)45-48(36,37)41-6-10-12(26)14(28)18(43-10)24-4-8(39-2)16(30)22-20(24)32;/h3-4,9-14,17-18,25-28,33H,5-6H2,1-2H3,(H,34,35)(H,36,37)(H,21,29,31)(H,22,30,32);/t9-,10-,11-,12-,13-,14-,17-,18-;/m1./s1. The molecule has 2 aliphatic heterocycles. The van der Waals surface area contributed by atoms with Crippen LogP contribution in [0.2, 0.25) is 0 Å². The molecule has 2 aliphatic rings. The van der Waals surface area contributed by atoms with Crippen molar-refractivity contribution in [2.75, 3.05) is 27.4 Å². The van der Waals surface area contributed by atoms with Gasteiger partial charge in [-0.15, -0.1) is 0 Å². The zero-order valence-electron chi connectivity index (χ0n) is 24.8. The van der Waals surface area contributed by atoms with Crippen molar-refractivity contribution in [2.24, 2.45) is 0 Å². The van der Waals surface area contributed by atoms with Crippen LogP contribution < -0.4 is 32.0 Å². The van der Waals surface area contributed by atoms with Gasteiger partial charge in [-0.2, -0.15) is 0 Å². The number of nitrogens with one attached hydrogen (secondary N) is 2. The first-order valence-corrected chi connectivity index (χ1v) is 17.1. The summed E-state index contributed by atoms with van der Waals surface area (Å²) in [7, 11) is -12.2.